The van der Waals surface area contributed by atoms with Crippen LogP contribution in [0.15, 0.2) is 71.6 Å². The van der Waals surface area contributed by atoms with Crippen LogP contribution in [0.5, 0.6) is 0 Å². The Balaban J connectivity index is 1.40. The number of nitrogens with one attached hydrogen (secondary N) is 1. The molecule has 0 atom stereocenters. The molecule has 3 amide bonds. The Labute approximate surface area is 176 Å². The standard InChI is InChI=1S/C23H17FN2O3S/c24-17-10-8-15(9-11-17)14-20-22(28)26(23(29)30-20)13-12-25-21(27)19-7-3-5-16-4-1-2-6-18(16)19/h1-11,14H,12-13H2,(H,25,27). The van der Waals surface area contributed by atoms with Gasteiger partial charge in [-0.3, -0.25) is 19.3 Å². The van der Waals surface area contributed by atoms with E-state index in [-0.39, 0.29) is 29.7 Å². The SMILES string of the molecule is O=C(NCCN1C(=O)SC(=Cc2ccc(F)cc2)C1=O)c1cccc2ccccc12. The van der Waals surface area contributed by atoms with Crippen LogP contribution in [0.3, 0.4) is 0 Å². The maximum atomic E-state index is 13.0. The van der Waals surface area contributed by atoms with E-state index in [2.05, 4.69) is 5.32 Å². The first-order chi connectivity index (χ1) is 14.5. The zero-order valence-corrected chi connectivity index (χ0v) is 16.6. The maximum Gasteiger partial charge on any atom is 0.293 e. The molecule has 3 aromatic carbocycles. The van der Waals surface area contributed by atoms with Crippen LogP contribution in [0.4, 0.5) is 9.18 Å². The topological polar surface area (TPSA) is 66.5 Å². The third-order valence-corrected chi connectivity index (χ3v) is 5.60. The second-order valence-corrected chi connectivity index (χ2v) is 7.66. The molecule has 0 bridgehead atoms. The van der Waals surface area contributed by atoms with E-state index >= 15 is 0 Å². The predicted octanol–water partition coefficient (Wildman–Crippen LogP) is 4.45. The van der Waals surface area contributed by atoms with Gasteiger partial charge in [0.1, 0.15) is 5.82 Å². The van der Waals surface area contributed by atoms with Crippen LogP contribution in [-0.2, 0) is 4.79 Å². The summed E-state index contributed by atoms with van der Waals surface area (Å²) in [5.74, 6) is -1.06. The second kappa shape index (κ2) is 8.51. The van der Waals surface area contributed by atoms with Crippen molar-refractivity contribution in [1.82, 2.24) is 10.2 Å². The number of rotatable bonds is 5. The molecule has 30 heavy (non-hydrogen) atoms. The van der Waals surface area contributed by atoms with Gasteiger partial charge in [0.05, 0.1) is 4.91 Å². The fourth-order valence-electron chi connectivity index (χ4n) is 3.20. The van der Waals surface area contributed by atoms with Gasteiger partial charge in [-0.2, -0.15) is 0 Å². The third kappa shape index (κ3) is 4.11. The molecule has 1 N–H and O–H groups in total. The molecule has 4 rings (SSSR count). The van der Waals surface area contributed by atoms with Crippen molar-refractivity contribution in [3.8, 4) is 0 Å². The normalized spacial score (nSPS) is 15.2. The van der Waals surface area contributed by atoms with Gasteiger partial charge in [0.25, 0.3) is 17.1 Å². The van der Waals surface area contributed by atoms with Gasteiger partial charge in [-0.1, -0.05) is 48.5 Å². The minimum Gasteiger partial charge on any atom is -0.350 e. The van der Waals surface area contributed by atoms with Gasteiger partial charge in [-0.25, -0.2) is 4.39 Å². The molecule has 150 valence electrons. The van der Waals surface area contributed by atoms with Crippen molar-refractivity contribution >= 4 is 45.7 Å². The van der Waals surface area contributed by atoms with Gasteiger partial charge in [0.15, 0.2) is 0 Å². The number of imide groups is 1. The molecule has 0 aromatic heterocycles. The number of carbonyl (C=O) groups is 3. The third-order valence-electron chi connectivity index (χ3n) is 4.70. The molecule has 1 aliphatic heterocycles. The molecule has 3 aromatic rings. The van der Waals surface area contributed by atoms with E-state index < -0.39 is 11.1 Å². The molecule has 0 spiro atoms. The Hall–Kier alpha value is -3.45. The summed E-state index contributed by atoms with van der Waals surface area (Å²) in [5, 5.41) is 4.18. The van der Waals surface area contributed by atoms with Gasteiger partial charge in [-0.05, 0) is 52.4 Å². The largest absolute Gasteiger partial charge is 0.350 e. The quantitative estimate of drug-likeness (QED) is 0.620. The van der Waals surface area contributed by atoms with Crippen molar-refractivity contribution in [3.05, 3.63) is 88.6 Å². The van der Waals surface area contributed by atoms with Gasteiger partial charge < -0.3 is 5.32 Å². The van der Waals surface area contributed by atoms with Crippen LogP contribution in [0.1, 0.15) is 15.9 Å². The second-order valence-electron chi connectivity index (χ2n) is 6.67. The molecule has 5 nitrogen and oxygen atoms in total. The number of halogens is 1. The highest BCUT2D eigenvalue weighted by molar-refractivity contribution is 8.18. The summed E-state index contributed by atoms with van der Waals surface area (Å²) in [6.45, 7) is 0.214. The molecule has 1 heterocycles. The number of hydrogen-bond donors (Lipinski definition) is 1. The number of carbonyl (C=O) groups excluding carboxylic acids is 3. The van der Waals surface area contributed by atoms with E-state index in [1.807, 2.05) is 36.4 Å². The van der Waals surface area contributed by atoms with Crippen molar-refractivity contribution in [2.45, 2.75) is 0 Å². The zero-order valence-electron chi connectivity index (χ0n) is 15.8. The van der Waals surface area contributed by atoms with Crippen LogP contribution in [0.2, 0.25) is 0 Å². The van der Waals surface area contributed by atoms with E-state index in [0.29, 0.717) is 11.1 Å². The monoisotopic (exact) mass is 420 g/mol. The fraction of sp³-hybridized carbons (Fsp3) is 0.0870. The number of nitrogens with zero attached hydrogens (tertiary/aromatic N) is 1. The Kier molecular flexibility index (Phi) is 5.63. The zero-order chi connectivity index (χ0) is 21.1. The molecule has 0 radical (unpaired) electrons. The minimum atomic E-state index is -0.422. The highest BCUT2D eigenvalue weighted by Gasteiger charge is 2.34. The van der Waals surface area contributed by atoms with Crippen LogP contribution >= 0.6 is 11.8 Å². The van der Waals surface area contributed by atoms with E-state index in [1.165, 1.54) is 24.3 Å². The minimum absolute atomic E-state index is 0.0714. The van der Waals surface area contributed by atoms with E-state index in [4.69, 9.17) is 0 Å². The number of hydrogen-bond acceptors (Lipinski definition) is 4. The maximum absolute atomic E-state index is 13.0. The van der Waals surface area contributed by atoms with Gasteiger partial charge in [0.2, 0.25) is 0 Å². The number of benzene rings is 3. The first kappa shape index (κ1) is 19.8. The highest BCUT2D eigenvalue weighted by atomic mass is 32.2. The van der Waals surface area contributed by atoms with E-state index in [1.54, 1.807) is 12.1 Å². The van der Waals surface area contributed by atoms with Crippen molar-refractivity contribution in [3.63, 3.8) is 0 Å². The average Bonchev–Trinajstić information content (AvgIpc) is 3.02. The molecular formula is C23H17FN2O3S. The molecule has 7 heteroatoms. The van der Waals surface area contributed by atoms with Crippen LogP contribution in [0, 0.1) is 5.82 Å². The Morgan fingerprint density at radius 1 is 1.00 bits per heavy atom. The van der Waals surface area contributed by atoms with Crippen LogP contribution in [0.25, 0.3) is 16.8 Å². The molecule has 0 unspecified atom stereocenters. The van der Waals surface area contributed by atoms with Crippen LogP contribution < -0.4 is 5.32 Å². The first-order valence-electron chi connectivity index (χ1n) is 9.30. The molecule has 1 aliphatic rings. The van der Waals surface area contributed by atoms with E-state index in [0.717, 1.165) is 27.4 Å². The molecule has 1 saturated heterocycles. The average molecular weight is 420 g/mol. The molecule has 0 saturated carbocycles. The summed E-state index contributed by atoms with van der Waals surface area (Å²) in [4.78, 5) is 38.7. The van der Waals surface area contributed by atoms with Crippen LogP contribution in [-0.4, -0.2) is 35.0 Å². The summed E-state index contributed by atoms with van der Waals surface area (Å²) in [5.41, 5.74) is 1.17. The summed E-state index contributed by atoms with van der Waals surface area (Å²) in [7, 11) is 0. The number of amides is 3. The smallest absolute Gasteiger partial charge is 0.293 e. The summed E-state index contributed by atoms with van der Waals surface area (Å²) in [6, 6.07) is 18.7. The highest BCUT2D eigenvalue weighted by Crippen LogP contribution is 2.31. The fourth-order valence-corrected chi connectivity index (χ4v) is 4.07. The van der Waals surface area contributed by atoms with Gasteiger partial charge in [-0.15, -0.1) is 0 Å². The van der Waals surface area contributed by atoms with Crippen molar-refractivity contribution < 1.29 is 18.8 Å². The summed E-state index contributed by atoms with van der Waals surface area (Å²) in [6.07, 6.45) is 1.55. The first-order valence-corrected chi connectivity index (χ1v) is 10.1. The van der Waals surface area contributed by atoms with Gasteiger partial charge >= 0.3 is 0 Å². The molecular weight excluding hydrogens is 403 g/mol. The summed E-state index contributed by atoms with van der Waals surface area (Å²) >= 11 is 0.830. The van der Waals surface area contributed by atoms with Crippen molar-refractivity contribution in [2.75, 3.05) is 13.1 Å². The number of thioether (sulfide) groups is 1. The lowest BCUT2D eigenvalue weighted by molar-refractivity contribution is -0.122. The van der Waals surface area contributed by atoms with Crippen molar-refractivity contribution in [2.24, 2.45) is 0 Å². The Morgan fingerprint density at radius 3 is 2.53 bits per heavy atom. The lowest BCUT2D eigenvalue weighted by Crippen LogP contribution is -2.37. The lowest BCUT2D eigenvalue weighted by atomic mass is 10.0. The predicted molar refractivity (Wildman–Crippen MR) is 115 cm³/mol. The number of fused-ring (bicyclic) bond motifs is 1. The summed E-state index contributed by atoms with van der Waals surface area (Å²) < 4.78 is 13.0. The molecule has 1 fully saturated rings. The Bertz CT molecular complexity index is 1170. The van der Waals surface area contributed by atoms with Crippen molar-refractivity contribution in [1.29, 1.82) is 0 Å². The van der Waals surface area contributed by atoms with E-state index in [9.17, 15) is 18.8 Å². The molecule has 0 aliphatic carbocycles. The van der Waals surface area contributed by atoms with Gasteiger partial charge in [0, 0.05) is 18.7 Å². The Morgan fingerprint density at radius 2 is 1.73 bits per heavy atom. The lowest BCUT2D eigenvalue weighted by Gasteiger charge is -2.13.